The summed E-state index contributed by atoms with van der Waals surface area (Å²) < 4.78 is 43.4. The first kappa shape index (κ1) is 21.5. The number of nitrogens with zero attached hydrogens (tertiary/aromatic N) is 4. The summed E-state index contributed by atoms with van der Waals surface area (Å²) in [6.07, 6.45) is 0.600. The molecule has 1 amide bonds. The van der Waals surface area contributed by atoms with Crippen molar-refractivity contribution in [2.24, 2.45) is 0 Å². The van der Waals surface area contributed by atoms with E-state index in [-0.39, 0.29) is 42.2 Å². The number of rotatable bonds is 4. The summed E-state index contributed by atoms with van der Waals surface area (Å²) in [4.78, 5) is 32.0. The summed E-state index contributed by atoms with van der Waals surface area (Å²) >= 11 is 0. The van der Waals surface area contributed by atoms with Gasteiger partial charge in [0.2, 0.25) is 0 Å². The number of amides is 1. The molecule has 1 aromatic carbocycles. The summed E-state index contributed by atoms with van der Waals surface area (Å²) in [7, 11) is 0. The van der Waals surface area contributed by atoms with Crippen LogP contribution < -0.4 is 5.56 Å². The lowest BCUT2D eigenvalue weighted by molar-refractivity contribution is -0.137. The fraction of sp³-hybridized carbons (Fsp3) is 0.375. The number of carbonyl (C=O) groups excluding carboxylic acids is 1. The predicted molar refractivity (Wildman–Crippen MR) is 115 cm³/mol. The summed E-state index contributed by atoms with van der Waals surface area (Å²) in [5.74, 6) is -0.213. The van der Waals surface area contributed by atoms with Gasteiger partial charge in [0.25, 0.3) is 11.5 Å². The fourth-order valence-electron chi connectivity index (χ4n) is 4.44. The van der Waals surface area contributed by atoms with E-state index in [1.807, 2.05) is 6.92 Å². The van der Waals surface area contributed by atoms with Crippen molar-refractivity contribution >= 4 is 5.91 Å². The van der Waals surface area contributed by atoms with Gasteiger partial charge in [0.15, 0.2) is 0 Å². The van der Waals surface area contributed by atoms with Crippen LogP contribution in [0.2, 0.25) is 0 Å². The number of benzene rings is 1. The van der Waals surface area contributed by atoms with Crippen molar-refractivity contribution in [3.05, 3.63) is 81.3 Å². The molecule has 1 aliphatic heterocycles. The highest BCUT2D eigenvalue weighted by Gasteiger charge is 2.35. The van der Waals surface area contributed by atoms with Gasteiger partial charge in [0, 0.05) is 25.3 Å². The standard InChI is InChI=1S/C24H23F3N4O2/c1-14-10-29(13-28-14)20-5-6-21-23(33)30(15(2)11-31(21)22(20)32)12-16-7-18(17-3-4-17)9-19(8-16)24(25,26)27/h5-10,13,15,17H,3-4,11-12H2,1-2H3/t15-/m1/s1. The number of pyridine rings is 1. The third-order valence-corrected chi connectivity index (χ3v) is 6.35. The van der Waals surface area contributed by atoms with E-state index in [2.05, 4.69) is 4.98 Å². The quantitative estimate of drug-likeness (QED) is 0.589. The normalized spacial score (nSPS) is 18.5. The van der Waals surface area contributed by atoms with E-state index in [1.54, 1.807) is 47.1 Å². The van der Waals surface area contributed by atoms with E-state index in [4.69, 9.17) is 0 Å². The molecular weight excluding hydrogens is 433 g/mol. The minimum absolute atomic E-state index is 0.0559. The Morgan fingerprint density at radius 2 is 1.88 bits per heavy atom. The van der Waals surface area contributed by atoms with Gasteiger partial charge in [0.05, 0.1) is 17.6 Å². The van der Waals surface area contributed by atoms with Gasteiger partial charge in [-0.15, -0.1) is 0 Å². The molecule has 3 heterocycles. The number of hydrogen-bond acceptors (Lipinski definition) is 3. The largest absolute Gasteiger partial charge is 0.416 e. The zero-order valence-electron chi connectivity index (χ0n) is 18.3. The molecule has 0 radical (unpaired) electrons. The molecule has 33 heavy (non-hydrogen) atoms. The first-order chi connectivity index (χ1) is 15.6. The molecule has 6 nitrogen and oxygen atoms in total. The van der Waals surface area contributed by atoms with Gasteiger partial charge in [-0.05, 0) is 68.0 Å². The highest BCUT2D eigenvalue weighted by atomic mass is 19.4. The van der Waals surface area contributed by atoms with Crippen molar-refractivity contribution in [3.63, 3.8) is 0 Å². The lowest BCUT2D eigenvalue weighted by Gasteiger charge is -2.35. The Morgan fingerprint density at radius 3 is 2.52 bits per heavy atom. The average molecular weight is 456 g/mol. The fourth-order valence-corrected chi connectivity index (χ4v) is 4.44. The number of fused-ring (bicyclic) bond motifs is 1. The maximum absolute atomic E-state index is 13.5. The Bertz CT molecular complexity index is 1300. The SMILES string of the molecule is Cc1cn(-c2ccc3n(c2=O)C[C@@H](C)N(Cc2cc(C4CC4)cc(C(F)(F)F)c2)C3=O)cn1. The number of halogens is 3. The average Bonchev–Trinajstić information content (AvgIpc) is 3.52. The molecule has 9 heteroatoms. The summed E-state index contributed by atoms with van der Waals surface area (Å²) in [5, 5.41) is 0. The Morgan fingerprint density at radius 1 is 1.12 bits per heavy atom. The van der Waals surface area contributed by atoms with Gasteiger partial charge in [-0.3, -0.25) is 9.59 Å². The molecule has 0 saturated heterocycles. The molecule has 0 N–H and O–H groups in total. The van der Waals surface area contributed by atoms with Crippen LogP contribution in [-0.4, -0.2) is 31.0 Å². The Kier molecular flexibility index (Phi) is 4.95. The van der Waals surface area contributed by atoms with E-state index in [0.717, 1.165) is 24.6 Å². The second kappa shape index (κ2) is 7.60. The summed E-state index contributed by atoms with van der Waals surface area (Å²) in [6, 6.07) is 6.93. The zero-order chi connectivity index (χ0) is 23.5. The van der Waals surface area contributed by atoms with Crippen LogP contribution in [-0.2, 0) is 19.3 Å². The van der Waals surface area contributed by atoms with Crippen molar-refractivity contribution < 1.29 is 18.0 Å². The molecule has 1 saturated carbocycles. The maximum atomic E-state index is 13.5. The number of alkyl halides is 3. The third kappa shape index (κ3) is 3.96. The molecule has 0 unspecified atom stereocenters. The van der Waals surface area contributed by atoms with Crippen molar-refractivity contribution in [3.8, 4) is 5.69 Å². The molecule has 5 rings (SSSR count). The molecule has 1 atom stereocenters. The molecule has 1 aliphatic carbocycles. The van der Waals surface area contributed by atoms with Gasteiger partial charge in [-0.2, -0.15) is 13.2 Å². The topological polar surface area (TPSA) is 60.1 Å². The van der Waals surface area contributed by atoms with Crippen LogP contribution in [0.15, 0.2) is 47.7 Å². The smallest absolute Gasteiger partial charge is 0.329 e. The first-order valence-electron chi connectivity index (χ1n) is 10.9. The van der Waals surface area contributed by atoms with Gasteiger partial charge in [0.1, 0.15) is 11.4 Å². The van der Waals surface area contributed by atoms with Crippen LogP contribution in [0, 0.1) is 6.92 Å². The lowest BCUT2D eigenvalue weighted by Crippen LogP contribution is -2.49. The van der Waals surface area contributed by atoms with Crippen LogP contribution in [0.3, 0.4) is 0 Å². The van der Waals surface area contributed by atoms with Crippen LogP contribution >= 0.6 is 0 Å². The van der Waals surface area contributed by atoms with E-state index in [9.17, 15) is 22.8 Å². The van der Waals surface area contributed by atoms with Gasteiger partial charge in [-0.25, -0.2) is 4.98 Å². The molecule has 0 spiro atoms. The van der Waals surface area contributed by atoms with Crippen molar-refractivity contribution in [1.82, 2.24) is 19.0 Å². The minimum atomic E-state index is -4.45. The molecule has 2 aliphatic rings. The van der Waals surface area contributed by atoms with Crippen LogP contribution in [0.1, 0.15) is 58.6 Å². The predicted octanol–water partition coefficient (Wildman–Crippen LogP) is 4.28. The number of hydrogen-bond donors (Lipinski definition) is 0. The minimum Gasteiger partial charge on any atom is -0.329 e. The molecule has 172 valence electrons. The molecule has 0 bridgehead atoms. The van der Waals surface area contributed by atoms with Crippen LogP contribution in [0.4, 0.5) is 13.2 Å². The molecule has 3 aromatic rings. The van der Waals surface area contributed by atoms with Gasteiger partial charge < -0.3 is 14.0 Å². The van der Waals surface area contributed by atoms with Crippen molar-refractivity contribution in [1.29, 1.82) is 0 Å². The second-order valence-corrected chi connectivity index (χ2v) is 8.96. The number of aromatic nitrogens is 3. The van der Waals surface area contributed by atoms with Gasteiger partial charge >= 0.3 is 6.18 Å². The molecular formula is C24H23F3N4O2. The van der Waals surface area contributed by atoms with E-state index in [1.165, 1.54) is 10.6 Å². The first-order valence-corrected chi connectivity index (χ1v) is 10.9. The molecule has 2 aromatic heterocycles. The second-order valence-electron chi connectivity index (χ2n) is 8.96. The van der Waals surface area contributed by atoms with E-state index in [0.29, 0.717) is 16.8 Å². The summed E-state index contributed by atoms with van der Waals surface area (Å²) in [5.41, 5.74) is 1.52. The highest BCUT2D eigenvalue weighted by molar-refractivity contribution is 5.93. The van der Waals surface area contributed by atoms with Gasteiger partial charge in [-0.1, -0.05) is 6.07 Å². The van der Waals surface area contributed by atoms with Crippen molar-refractivity contribution in [2.45, 2.75) is 57.9 Å². The number of imidazole rings is 1. The summed E-state index contributed by atoms with van der Waals surface area (Å²) in [6.45, 7) is 3.94. The highest BCUT2D eigenvalue weighted by Crippen LogP contribution is 2.42. The Balaban J connectivity index is 1.48. The van der Waals surface area contributed by atoms with Crippen molar-refractivity contribution in [2.75, 3.05) is 0 Å². The monoisotopic (exact) mass is 456 g/mol. The number of carbonyl (C=O) groups is 1. The third-order valence-electron chi connectivity index (χ3n) is 6.35. The van der Waals surface area contributed by atoms with E-state index < -0.39 is 11.7 Å². The molecule has 1 fully saturated rings. The van der Waals surface area contributed by atoms with Crippen LogP contribution in [0.25, 0.3) is 5.69 Å². The maximum Gasteiger partial charge on any atom is 0.416 e. The Hall–Kier alpha value is -3.36. The lowest BCUT2D eigenvalue weighted by atomic mass is 10.0. The Labute approximate surface area is 188 Å². The number of aryl methyl sites for hydroxylation is 1. The van der Waals surface area contributed by atoms with Crippen LogP contribution in [0.5, 0.6) is 0 Å². The van der Waals surface area contributed by atoms with E-state index >= 15 is 0 Å². The zero-order valence-corrected chi connectivity index (χ0v) is 18.3.